The van der Waals surface area contributed by atoms with Crippen molar-refractivity contribution in [1.29, 1.82) is 0 Å². The fraction of sp³-hybridized carbons (Fsp3) is 0.294. The van der Waals surface area contributed by atoms with Crippen molar-refractivity contribution < 1.29 is 9.13 Å². The fourth-order valence-electron chi connectivity index (χ4n) is 1.94. The highest BCUT2D eigenvalue weighted by atomic mass is 32.2. The van der Waals surface area contributed by atoms with Crippen LogP contribution in [0.3, 0.4) is 0 Å². The molecule has 0 aliphatic rings. The monoisotopic (exact) mass is 305 g/mol. The highest BCUT2D eigenvalue weighted by Gasteiger charge is 2.03. The van der Waals surface area contributed by atoms with Crippen LogP contribution in [0, 0.1) is 19.7 Å². The van der Waals surface area contributed by atoms with E-state index in [4.69, 9.17) is 10.5 Å². The zero-order valence-electron chi connectivity index (χ0n) is 12.4. The lowest BCUT2D eigenvalue weighted by Gasteiger charge is -2.10. The Labute approximate surface area is 129 Å². The van der Waals surface area contributed by atoms with Gasteiger partial charge in [0.1, 0.15) is 11.6 Å². The number of hydrogen-bond acceptors (Lipinski definition) is 3. The molecule has 0 saturated heterocycles. The molecule has 112 valence electrons. The van der Waals surface area contributed by atoms with Gasteiger partial charge in [-0.05, 0) is 55.7 Å². The van der Waals surface area contributed by atoms with Crippen molar-refractivity contribution in [3.63, 3.8) is 0 Å². The highest BCUT2D eigenvalue weighted by Crippen LogP contribution is 2.26. The first-order chi connectivity index (χ1) is 10.1. The van der Waals surface area contributed by atoms with Crippen molar-refractivity contribution in [2.45, 2.75) is 25.2 Å². The standard InChI is InChI=1S/C17H20FNOS/c1-12-4-5-13(2)16(10-12)20-8-3-9-21-17-7-6-14(18)11-15(17)19/h4-7,10-11H,3,8-9,19H2,1-2H3. The molecule has 2 aromatic carbocycles. The van der Waals surface area contributed by atoms with Gasteiger partial charge in [0.15, 0.2) is 0 Å². The Kier molecular flexibility index (Phi) is 5.51. The second kappa shape index (κ2) is 7.36. The lowest BCUT2D eigenvalue weighted by atomic mass is 10.1. The van der Waals surface area contributed by atoms with E-state index in [0.29, 0.717) is 12.3 Å². The number of nitrogen functional groups attached to an aromatic ring is 1. The van der Waals surface area contributed by atoms with E-state index in [2.05, 4.69) is 25.1 Å². The quantitative estimate of drug-likeness (QED) is 0.482. The molecule has 21 heavy (non-hydrogen) atoms. The molecule has 0 unspecified atom stereocenters. The van der Waals surface area contributed by atoms with Gasteiger partial charge in [0.05, 0.1) is 6.61 Å². The fourth-order valence-corrected chi connectivity index (χ4v) is 2.81. The molecule has 0 fully saturated rings. The van der Waals surface area contributed by atoms with Crippen LogP contribution in [0.5, 0.6) is 5.75 Å². The molecule has 0 spiro atoms. The van der Waals surface area contributed by atoms with Crippen LogP contribution < -0.4 is 10.5 Å². The molecule has 0 amide bonds. The second-order valence-electron chi connectivity index (χ2n) is 5.00. The van der Waals surface area contributed by atoms with E-state index >= 15 is 0 Å². The molecule has 0 aliphatic carbocycles. The lowest BCUT2D eigenvalue weighted by Crippen LogP contribution is -2.00. The normalized spacial score (nSPS) is 10.6. The van der Waals surface area contributed by atoms with Gasteiger partial charge in [0.2, 0.25) is 0 Å². The third-order valence-corrected chi connectivity index (χ3v) is 4.29. The molecule has 2 N–H and O–H groups in total. The van der Waals surface area contributed by atoms with Gasteiger partial charge in [0.25, 0.3) is 0 Å². The molecular weight excluding hydrogens is 285 g/mol. The SMILES string of the molecule is Cc1ccc(C)c(OCCCSc2ccc(F)cc2N)c1. The Morgan fingerprint density at radius 3 is 2.71 bits per heavy atom. The van der Waals surface area contributed by atoms with Crippen LogP contribution in [0.1, 0.15) is 17.5 Å². The third kappa shape index (κ3) is 4.67. The number of thioether (sulfide) groups is 1. The minimum absolute atomic E-state index is 0.296. The molecule has 0 aromatic heterocycles. The number of benzene rings is 2. The summed E-state index contributed by atoms with van der Waals surface area (Å²) < 4.78 is 18.7. The maximum Gasteiger partial charge on any atom is 0.125 e. The van der Waals surface area contributed by atoms with E-state index in [1.807, 2.05) is 6.92 Å². The predicted octanol–water partition coefficient (Wildman–Crippen LogP) is 4.59. The minimum Gasteiger partial charge on any atom is -0.493 e. The van der Waals surface area contributed by atoms with Crippen LogP contribution in [0.25, 0.3) is 0 Å². The highest BCUT2D eigenvalue weighted by molar-refractivity contribution is 7.99. The van der Waals surface area contributed by atoms with E-state index in [-0.39, 0.29) is 5.82 Å². The van der Waals surface area contributed by atoms with Crippen molar-refractivity contribution >= 4 is 17.4 Å². The van der Waals surface area contributed by atoms with E-state index in [9.17, 15) is 4.39 Å². The minimum atomic E-state index is -0.296. The van der Waals surface area contributed by atoms with Crippen molar-refractivity contribution in [1.82, 2.24) is 0 Å². The van der Waals surface area contributed by atoms with E-state index in [0.717, 1.165) is 28.4 Å². The zero-order chi connectivity index (χ0) is 15.2. The predicted molar refractivity (Wildman–Crippen MR) is 87.6 cm³/mol. The number of nitrogens with two attached hydrogens (primary N) is 1. The first-order valence-corrected chi connectivity index (χ1v) is 7.92. The zero-order valence-corrected chi connectivity index (χ0v) is 13.2. The Balaban J connectivity index is 1.76. The van der Waals surface area contributed by atoms with Gasteiger partial charge in [-0.1, -0.05) is 12.1 Å². The third-order valence-electron chi connectivity index (χ3n) is 3.12. The summed E-state index contributed by atoms with van der Waals surface area (Å²) in [6.07, 6.45) is 0.912. The number of anilines is 1. The molecule has 0 bridgehead atoms. The van der Waals surface area contributed by atoms with Gasteiger partial charge >= 0.3 is 0 Å². The van der Waals surface area contributed by atoms with Gasteiger partial charge in [-0.3, -0.25) is 0 Å². The smallest absolute Gasteiger partial charge is 0.125 e. The second-order valence-corrected chi connectivity index (χ2v) is 6.14. The summed E-state index contributed by atoms with van der Waals surface area (Å²) >= 11 is 1.63. The van der Waals surface area contributed by atoms with E-state index in [1.165, 1.54) is 17.7 Å². The Hall–Kier alpha value is -1.68. The molecular formula is C17H20FNOS. The molecule has 2 aromatic rings. The largest absolute Gasteiger partial charge is 0.493 e. The molecule has 0 aliphatic heterocycles. The number of hydrogen-bond donors (Lipinski definition) is 1. The maximum atomic E-state index is 12.9. The van der Waals surface area contributed by atoms with Crippen LogP contribution in [0.15, 0.2) is 41.3 Å². The van der Waals surface area contributed by atoms with Crippen LogP contribution in [-0.4, -0.2) is 12.4 Å². The molecule has 4 heteroatoms. The molecule has 2 nitrogen and oxygen atoms in total. The molecule has 0 heterocycles. The summed E-state index contributed by atoms with van der Waals surface area (Å²) in [7, 11) is 0. The van der Waals surface area contributed by atoms with Crippen LogP contribution in [0.4, 0.5) is 10.1 Å². The average Bonchev–Trinajstić information content (AvgIpc) is 2.44. The topological polar surface area (TPSA) is 35.2 Å². The average molecular weight is 305 g/mol. The van der Waals surface area contributed by atoms with E-state index < -0.39 is 0 Å². The van der Waals surface area contributed by atoms with Gasteiger partial charge in [-0.15, -0.1) is 11.8 Å². The number of ether oxygens (including phenoxy) is 1. The molecule has 0 saturated carbocycles. The summed E-state index contributed by atoms with van der Waals surface area (Å²) in [5.74, 6) is 1.54. The Morgan fingerprint density at radius 1 is 1.14 bits per heavy atom. The maximum absolute atomic E-state index is 12.9. The van der Waals surface area contributed by atoms with Gasteiger partial charge in [-0.25, -0.2) is 4.39 Å². The van der Waals surface area contributed by atoms with Crippen molar-refractivity contribution in [2.75, 3.05) is 18.1 Å². The number of aryl methyl sites for hydroxylation is 2. The first kappa shape index (κ1) is 15.7. The summed E-state index contributed by atoms with van der Waals surface area (Å²) in [4.78, 5) is 0.920. The van der Waals surface area contributed by atoms with Gasteiger partial charge < -0.3 is 10.5 Å². The van der Waals surface area contributed by atoms with Crippen molar-refractivity contribution in [2.24, 2.45) is 0 Å². The number of rotatable bonds is 6. The van der Waals surface area contributed by atoms with Crippen molar-refractivity contribution in [3.05, 3.63) is 53.3 Å². The molecule has 0 radical (unpaired) electrons. The van der Waals surface area contributed by atoms with Gasteiger partial charge in [-0.2, -0.15) is 0 Å². The van der Waals surface area contributed by atoms with Crippen LogP contribution >= 0.6 is 11.8 Å². The summed E-state index contributed by atoms with van der Waals surface area (Å²) in [5, 5.41) is 0. The summed E-state index contributed by atoms with van der Waals surface area (Å²) in [5.41, 5.74) is 8.61. The van der Waals surface area contributed by atoms with Crippen molar-refractivity contribution in [3.8, 4) is 5.75 Å². The summed E-state index contributed by atoms with van der Waals surface area (Å²) in [6.45, 7) is 4.76. The Morgan fingerprint density at radius 2 is 1.95 bits per heavy atom. The van der Waals surface area contributed by atoms with Crippen LogP contribution in [0.2, 0.25) is 0 Å². The summed E-state index contributed by atoms with van der Waals surface area (Å²) in [6, 6.07) is 10.7. The van der Waals surface area contributed by atoms with Gasteiger partial charge in [0, 0.05) is 16.3 Å². The first-order valence-electron chi connectivity index (χ1n) is 6.94. The molecule has 2 rings (SSSR count). The van der Waals surface area contributed by atoms with E-state index in [1.54, 1.807) is 17.8 Å². The Bertz CT molecular complexity index is 616. The number of halogens is 1. The molecule has 0 atom stereocenters. The lowest BCUT2D eigenvalue weighted by molar-refractivity contribution is 0.316. The van der Waals surface area contributed by atoms with Crippen LogP contribution in [-0.2, 0) is 0 Å².